The molecule has 0 unspecified atom stereocenters. The first-order valence-corrected chi connectivity index (χ1v) is 3.25. The number of hydrogen-bond donors (Lipinski definition) is 1. The molecule has 0 aliphatic rings. The van der Waals surface area contributed by atoms with Crippen molar-refractivity contribution in [3.63, 3.8) is 0 Å². The van der Waals surface area contributed by atoms with Gasteiger partial charge < -0.3 is 5.32 Å². The van der Waals surface area contributed by atoms with Crippen LogP contribution in [0.3, 0.4) is 0 Å². The summed E-state index contributed by atoms with van der Waals surface area (Å²) in [5.74, 6) is 0. The molecule has 0 radical (unpaired) electrons. The van der Waals surface area contributed by atoms with Gasteiger partial charge >= 0.3 is 0 Å². The topological polar surface area (TPSA) is 12.0 Å². The molecule has 0 aliphatic heterocycles. The molecule has 0 aromatic carbocycles. The van der Waals surface area contributed by atoms with Crippen molar-refractivity contribution in [2.75, 3.05) is 6.54 Å². The summed E-state index contributed by atoms with van der Waals surface area (Å²) in [5, 5.41) is 3.11. The molecular formula is C8H15N. The van der Waals surface area contributed by atoms with Crippen molar-refractivity contribution in [1.82, 2.24) is 5.32 Å². The maximum absolute atomic E-state index is 3.11. The van der Waals surface area contributed by atoms with E-state index < -0.39 is 0 Å². The highest BCUT2D eigenvalue weighted by Gasteiger charge is 1.73. The van der Waals surface area contributed by atoms with Crippen LogP contribution in [-0.2, 0) is 0 Å². The Labute approximate surface area is 57.5 Å². The van der Waals surface area contributed by atoms with Gasteiger partial charge in [0.1, 0.15) is 0 Å². The second kappa shape index (κ2) is 5.42. The van der Waals surface area contributed by atoms with Crippen molar-refractivity contribution < 1.29 is 0 Å². The molecule has 0 rings (SSSR count). The Morgan fingerprint density at radius 1 is 1.44 bits per heavy atom. The van der Waals surface area contributed by atoms with Crippen LogP contribution in [-0.4, -0.2) is 6.54 Å². The third-order valence-electron chi connectivity index (χ3n) is 0.913. The van der Waals surface area contributed by atoms with E-state index in [1.807, 2.05) is 19.2 Å². The van der Waals surface area contributed by atoms with Crippen LogP contribution in [0.25, 0.3) is 0 Å². The number of allylic oxidation sites excluding steroid dienone is 2. The van der Waals surface area contributed by atoms with Gasteiger partial charge in [0, 0.05) is 6.54 Å². The SMILES string of the molecule is C/C=C\NCC=C(C)C. The molecule has 0 amide bonds. The average Bonchev–Trinajstić information content (AvgIpc) is 1.80. The van der Waals surface area contributed by atoms with Gasteiger partial charge in [0.15, 0.2) is 0 Å². The normalized spacial score (nSPS) is 9.67. The molecule has 0 spiro atoms. The zero-order valence-electron chi connectivity index (χ0n) is 6.44. The minimum Gasteiger partial charge on any atom is -0.388 e. The molecule has 1 heteroatoms. The molecule has 1 nitrogen and oxygen atoms in total. The highest BCUT2D eigenvalue weighted by atomic mass is 14.8. The lowest BCUT2D eigenvalue weighted by atomic mass is 10.3. The van der Waals surface area contributed by atoms with Crippen LogP contribution >= 0.6 is 0 Å². The van der Waals surface area contributed by atoms with Gasteiger partial charge in [0.05, 0.1) is 0 Å². The summed E-state index contributed by atoms with van der Waals surface area (Å²) in [6.45, 7) is 7.12. The van der Waals surface area contributed by atoms with Crippen molar-refractivity contribution in [1.29, 1.82) is 0 Å². The molecule has 0 heterocycles. The van der Waals surface area contributed by atoms with Crippen molar-refractivity contribution in [2.45, 2.75) is 20.8 Å². The molecule has 0 saturated carbocycles. The predicted molar refractivity (Wildman–Crippen MR) is 42.2 cm³/mol. The number of nitrogens with one attached hydrogen (secondary N) is 1. The molecule has 52 valence electrons. The van der Waals surface area contributed by atoms with Gasteiger partial charge in [-0.2, -0.15) is 0 Å². The summed E-state index contributed by atoms with van der Waals surface area (Å²) in [6, 6.07) is 0. The lowest BCUT2D eigenvalue weighted by Crippen LogP contribution is -2.03. The molecule has 0 atom stereocenters. The molecule has 0 saturated heterocycles. The van der Waals surface area contributed by atoms with Crippen molar-refractivity contribution in [3.8, 4) is 0 Å². The lowest BCUT2D eigenvalue weighted by molar-refractivity contribution is 0.973. The number of rotatable bonds is 3. The van der Waals surface area contributed by atoms with Crippen LogP contribution in [0.15, 0.2) is 23.9 Å². The van der Waals surface area contributed by atoms with Crippen LogP contribution in [0.1, 0.15) is 20.8 Å². The zero-order valence-corrected chi connectivity index (χ0v) is 6.44. The molecule has 9 heavy (non-hydrogen) atoms. The lowest BCUT2D eigenvalue weighted by Gasteiger charge is -1.92. The summed E-state index contributed by atoms with van der Waals surface area (Å²) in [7, 11) is 0. The Balaban J connectivity index is 3.20. The first-order valence-electron chi connectivity index (χ1n) is 3.25. The Kier molecular flexibility index (Phi) is 4.98. The second-order valence-electron chi connectivity index (χ2n) is 2.19. The standard InChI is InChI=1S/C8H15N/c1-4-6-9-7-5-8(2)3/h4-6,9H,7H2,1-3H3/b6-4-. The van der Waals surface area contributed by atoms with Gasteiger partial charge in [-0.1, -0.05) is 17.7 Å². The Morgan fingerprint density at radius 2 is 2.11 bits per heavy atom. The summed E-state index contributed by atoms with van der Waals surface area (Å²) >= 11 is 0. The van der Waals surface area contributed by atoms with E-state index in [2.05, 4.69) is 25.2 Å². The third kappa shape index (κ3) is 7.28. The van der Waals surface area contributed by atoms with Gasteiger partial charge in [0.25, 0.3) is 0 Å². The fourth-order valence-electron chi connectivity index (χ4n) is 0.449. The smallest absolute Gasteiger partial charge is 0.0327 e. The Hall–Kier alpha value is -0.720. The molecule has 1 N–H and O–H groups in total. The molecular weight excluding hydrogens is 110 g/mol. The Morgan fingerprint density at radius 3 is 2.56 bits per heavy atom. The maximum atomic E-state index is 3.11. The number of hydrogen-bond acceptors (Lipinski definition) is 1. The van der Waals surface area contributed by atoms with Crippen molar-refractivity contribution in [3.05, 3.63) is 23.9 Å². The zero-order chi connectivity index (χ0) is 7.11. The monoisotopic (exact) mass is 125 g/mol. The molecule has 0 aromatic rings. The van der Waals surface area contributed by atoms with Gasteiger partial charge in [-0.3, -0.25) is 0 Å². The van der Waals surface area contributed by atoms with Gasteiger partial charge in [0.2, 0.25) is 0 Å². The fourth-order valence-corrected chi connectivity index (χ4v) is 0.449. The highest BCUT2D eigenvalue weighted by molar-refractivity contribution is 4.95. The van der Waals surface area contributed by atoms with Crippen LogP contribution < -0.4 is 5.32 Å². The van der Waals surface area contributed by atoms with E-state index in [4.69, 9.17) is 0 Å². The molecule has 0 aliphatic carbocycles. The van der Waals surface area contributed by atoms with E-state index in [9.17, 15) is 0 Å². The van der Waals surface area contributed by atoms with Crippen molar-refractivity contribution >= 4 is 0 Å². The van der Waals surface area contributed by atoms with E-state index in [1.54, 1.807) is 0 Å². The minimum atomic E-state index is 0.937. The van der Waals surface area contributed by atoms with Crippen LogP contribution in [0, 0.1) is 0 Å². The first kappa shape index (κ1) is 8.28. The van der Waals surface area contributed by atoms with Crippen LogP contribution in [0.4, 0.5) is 0 Å². The summed E-state index contributed by atoms with van der Waals surface area (Å²) in [4.78, 5) is 0. The van der Waals surface area contributed by atoms with Gasteiger partial charge in [-0.05, 0) is 27.0 Å². The first-order chi connectivity index (χ1) is 4.27. The van der Waals surface area contributed by atoms with Crippen LogP contribution in [0.2, 0.25) is 0 Å². The largest absolute Gasteiger partial charge is 0.388 e. The Bertz CT molecular complexity index is 108. The summed E-state index contributed by atoms with van der Waals surface area (Å²) < 4.78 is 0. The second-order valence-corrected chi connectivity index (χ2v) is 2.19. The molecule has 0 aromatic heterocycles. The van der Waals surface area contributed by atoms with Gasteiger partial charge in [-0.15, -0.1) is 0 Å². The summed E-state index contributed by atoms with van der Waals surface area (Å²) in [5.41, 5.74) is 1.35. The van der Waals surface area contributed by atoms with Crippen molar-refractivity contribution in [2.24, 2.45) is 0 Å². The highest BCUT2D eigenvalue weighted by Crippen LogP contribution is 1.84. The van der Waals surface area contributed by atoms with Gasteiger partial charge in [-0.25, -0.2) is 0 Å². The maximum Gasteiger partial charge on any atom is 0.0327 e. The predicted octanol–water partition coefficient (Wildman–Crippen LogP) is 2.08. The van der Waals surface area contributed by atoms with E-state index >= 15 is 0 Å². The van der Waals surface area contributed by atoms with E-state index in [-0.39, 0.29) is 0 Å². The van der Waals surface area contributed by atoms with E-state index in [1.165, 1.54) is 5.57 Å². The fraction of sp³-hybridized carbons (Fsp3) is 0.500. The van der Waals surface area contributed by atoms with E-state index in [0.717, 1.165) is 6.54 Å². The third-order valence-corrected chi connectivity index (χ3v) is 0.913. The molecule has 0 bridgehead atoms. The quantitative estimate of drug-likeness (QED) is 0.450. The minimum absolute atomic E-state index is 0.937. The summed E-state index contributed by atoms with van der Waals surface area (Å²) in [6.07, 6.45) is 6.08. The van der Waals surface area contributed by atoms with Crippen LogP contribution in [0.5, 0.6) is 0 Å². The molecule has 0 fully saturated rings. The average molecular weight is 125 g/mol. The van der Waals surface area contributed by atoms with E-state index in [0.29, 0.717) is 0 Å².